The molecule has 4 heteroatoms. The number of carbonyl (C=O) groups is 1. The molecule has 1 unspecified atom stereocenters. The van der Waals surface area contributed by atoms with Crippen LogP contribution >= 0.6 is 0 Å². The predicted molar refractivity (Wildman–Crippen MR) is 67.5 cm³/mol. The summed E-state index contributed by atoms with van der Waals surface area (Å²) in [5.41, 5.74) is 7.38. The van der Waals surface area contributed by atoms with Gasteiger partial charge in [0.05, 0.1) is 19.3 Å². The maximum atomic E-state index is 11.7. The molecule has 92 valence electrons. The Balaban J connectivity index is 2.09. The first-order valence-electron chi connectivity index (χ1n) is 5.91. The van der Waals surface area contributed by atoms with Crippen molar-refractivity contribution in [3.05, 3.63) is 29.8 Å². The van der Waals surface area contributed by atoms with E-state index < -0.39 is 6.04 Å². The molecule has 4 nitrogen and oxygen atoms in total. The summed E-state index contributed by atoms with van der Waals surface area (Å²) in [6.45, 7) is 5.04. The van der Waals surface area contributed by atoms with Crippen LogP contribution in [0.15, 0.2) is 24.3 Å². The normalized spacial score (nSPS) is 17.9. The molecule has 1 aromatic carbocycles. The topological polar surface area (TPSA) is 55.6 Å². The largest absolute Gasteiger partial charge is 0.378 e. The Bertz CT molecular complexity index is 381. The third-order valence-corrected chi connectivity index (χ3v) is 2.94. The minimum absolute atomic E-state index is 0.0153. The van der Waals surface area contributed by atoms with Crippen molar-refractivity contribution in [1.29, 1.82) is 0 Å². The lowest BCUT2D eigenvalue weighted by atomic mass is 10.1. The molecule has 1 fully saturated rings. The Labute approximate surface area is 101 Å². The summed E-state index contributed by atoms with van der Waals surface area (Å²) in [5, 5.41) is 0. The molecule has 0 spiro atoms. The van der Waals surface area contributed by atoms with Gasteiger partial charge in [-0.2, -0.15) is 0 Å². The smallest absolute Gasteiger partial charge is 0.179 e. The number of hydrogen-bond acceptors (Lipinski definition) is 4. The van der Waals surface area contributed by atoms with Gasteiger partial charge < -0.3 is 15.4 Å². The number of benzene rings is 1. The number of Topliss-reactive ketones (excluding diaryl/α,β-unsaturated/α-hetero) is 1. The molecule has 1 aromatic rings. The molecule has 0 bridgehead atoms. The zero-order valence-electron chi connectivity index (χ0n) is 10.1. The molecule has 0 aromatic heterocycles. The number of anilines is 1. The number of nitrogens with two attached hydrogens (primary N) is 1. The van der Waals surface area contributed by atoms with Crippen LogP contribution in [-0.4, -0.2) is 38.1 Å². The maximum absolute atomic E-state index is 11.7. The molecule has 2 rings (SSSR count). The summed E-state index contributed by atoms with van der Waals surface area (Å²) in [6, 6.07) is 7.19. The van der Waals surface area contributed by atoms with E-state index in [1.165, 1.54) is 0 Å². The molecule has 17 heavy (non-hydrogen) atoms. The molecule has 1 heterocycles. The van der Waals surface area contributed by atoms with E-state index in [0.29, 0.717) is 5.56 Å². The predicted octanol–water partition coefficient (Wildman–Crippen LogP) is 1.05. The first kappa shape index (κ1) is 12.1. The second-order valence-corrected chi connectivity index (χ2v) is 4.30. The zero-order chi connectivity index (χ0) is 12.3. The van der Waals surface area contributed by atoms with Gasteiger partial charge in [0.1, 0.15) is 0 Å². The maximum Gasteiger partial charge on any atom is 0.179 e. The summed E-state index contributed by atoms with van der Waals surface area (Å²) in [6.07, 6.45) is 0. The molecular weight excluding hydrogens is 216 g/mol. The first-order chi connectivity index (χ1) is 8.18. The molecule has 2 N–H and O–H groups in total. The second kappa shape index (κ2) is 5.29. The van der Waals surface area contributed by atoms with E-state index >= 15 is 0 Å². The van der Waals surface area contributed by atoms with Crippen LogP contribution in [0.5, 0.6) is 0 Å². The highest BCUT2D eigenvalue weighted by Gasteiger charge is 2.13. The SMILES string of the molecule is CC(N)C(=O)c1ccc(N2CCOCC2)cc1. The van der Waals surface area contributed by atoms with Crippen molar-refractivity contribution >= 4 is 11.5 Å². The molecule has 0 saturated carbocycles. The highest BCUT2D eigenvalue weighted by atomic mass is 16.5. The van der Waals surface area contributed by atoms with Gasteiger partial charge in [-0.15, -0.1) is 0 Å². The van der Waals surface area contributed by atoms with Crippen LogP contribution in [-0.2, 0) is 4.74 Å². The lowest BCUT2D eigenvalue weighted by Crippen LogP contribution is -2.36. The van der Waals surface area contributed by atoms with Gasteiger partial charge in [-0.1, -0.05) is 0 Å². The number of carbonyl (C=O) groups excluding carboxylic acids is 1. The van der Waals surface area contributed by atoms with Crippen molar-refractivity contribution in [2.45, 2.75) is 13.0 Å². The van der Waals surface area contributed by atoms with E-state index in [1.807, 2.05) is 24.3 Å². The zero-order valence-corrected chi connectivity index (χ0v) is 10.1. The van der Waals surface area contributed by atoms with Gasteiger partial charge in [0.2, 0.25) is 0 Å². The highest BCUT2D eigenvalue weighted by Crippen LogP contribution is 2.17. The van der Waals surface area contributed by atoms with E-state index in [-0.39, 0.29) is 5.78 Å². The van der Waals surface area contributed by atoms with Gasteiger partial charge in [-0.3, -0.25) is 4.79 Å². The molecule has 1 atom stereocenters. The van der Waals surface area contributed by atoms with E-state index in [1.54, 1.807) is 6.92 Å². The van der Waals surface area contributed by atoms with Gasteiger partial charge in [0.15, 0.2) is 5.78 Å². The Hall–Kier alpha value is -1.39. The van der Waals surface area contributed by atoms with Crippen LogP contribution in [0, 0.1) is 0 Å². The monoisotopic (exact) mass is 234 g/mol. The van der Waals surface area contributed by atoms with Crippen LogP contribution in [0.4, 0.5) is 5.69 Å². The van der Waals surface area contributed by atoms with Crippen LogP contribution in [0.1, 0.15) is 17.3 Å². The minimum Gasteiger partial charge on any atom is -0.378 e. The summed E-state index contributed by atoms with van der Waals surface area (Å²) >= 11 is 0. The standard InChI is InChI=1S/C13H18N2O2/c1-10(14)13(16)11-2-4-12(5-3-11)15-6-8-17-9-7-15/h2-5,10H,6-9,14H2,1H3. The lowest BCUT2D eigenvalue weighted by Gasteiger charge is -2.28. The number of nitrogens with zero attached hydrogens (tertiary/aromatic N) is 1. The average molecular weight is 234 g/mol. The van der Waals surface area contributed by atoms with Crippen molar-refractivity contribution in [2.24, 2.45) is 5.73 Å². The fraction of sp³-hybridized carbons (Fsp3) is 0.462. The number of ketones is 1. The lowest BCUT2D eigenvalue weighted by molar-refractivity contribution is 0.0968. The third-order valence-electron chi connectivity index (χ3n) is 2.94. The summed E-state index contributed by atoms with van der Waals surface area (Å²) in [7, 11) is 0. The van der Waals surface area contributed by atoms with E-state index in [0.717, 1.165) is 32.0 Å². The number of hydrogen-bond donors (Lipinski definition) is 1. The Morgan fingerprint density at radius 1 is 1.29 bits per heavy atom. The fourth-order valence-electron chi connectivity index (χ4n) is 1.92. The number of rotatable bonds is 3. The van der Waals surface area contributed by atoms with Crippen molar-refractivity contribution in [2.75, 3.05) is 31.2 Å². The minimum atomic E-state index is -0.441. The van der Waals surface area contributed by atoms with Gasteiger partial charge >= 0.3 is 0 Å². The summed E-state index contributed by atoms with van der Waals surface area (Å²) < 4.78 is 5.30. The number of morpholine rings is 1. The summed E-state index contributed by atoms with van der Waals surface area (Å²) in [5.74, 6) is -0.0153. The average Bonchev–Trinajstić information content (AvgIpc) is 2.39. The molecule has 1 aliphatic rings. The van der Waals surface area contributed by atoms with Gasteiger partial charge in [0, 0.05) is 24.3 Å². The number of ether oxygens (including phenoxy) is 1. The van der Waals surface area contributed by atoms with Crippen LogP contribution in [0.2, 0.25) is 0 Å². The summed E-state index contributed by atoms with van der Waals surface area (Å²) in [4.78, 5) is 13.9. The van der Waals surface area contributed by atoms with E-state index in [2.05, 4.69) is 4.90 Å². The molecular formula is C13H18N2O2. The molecule has 1 aliphatic heterocycles. The fourth-order valence-corrected chi connectivity index (χ4v) is 1.92. The van der Waals surface area contributed by atoms with Crippen molar-refractivity contribution < 1.29 is 9.53 Å². The Morgan fingerprint density at radius 3 is 2.41 bits per heavy atom. The van der Waals surface area contributed by atoms with E-state index in [9.17, 15) is 4.79 Å². The molecule has 0 radical (unpaired) electrons. The van der Waals surface area contributed by atoms with Crippen LogP contribution < -0.4 is 10.6 Å². The second-order valence-electron chi connectivity index (χ2n) is 4.30. The molecule has 0 aliphatic carbocycles. The highest BCUT2D eigenvalue weighted by molar-refractivity contribution is 5.99. The van der Waals surface area contributed by atoms with E-state index in [4.69, 9.17) is 10.5 Å². The van der Waals surface area contributed by atoms with Crippen molar-refractivity contribution in [3.63, 3.8) is 0 Å². The Morgan fingerprint density at radius 2 is 1.88 bits per heavy atom. The Kier molecular flexibility index (Phi) is 3.76. The van der Waals surface area contributed by atoms with Gasteiger partial charge in [0.25, 0.3) is 0 Å². The van der Waals surface area contributed by atoms with Crippen LogP contribution in [0.25, 0.3) is 0 Å². The first-order valence-corrected chi connectivity index (χ1v) is 5.91. The quantitative estimate of drug-likeness (QED) is 0.794. The van der Waals surface area contributed by atoms with Gasteiger partial charge in [-0.05, 0) is 31.2 Å². The van der Waals surface area contributed by atoms with Crippen molar-refractivity contribution in [3.8, 4) is 0 Å². The van der Waals surface area contributed by atoms with Gasteiger partial charge in [-0.25, -0.2) is 0 Å². The molecule has 0 amide bonds. The third kappa shape index (κ3) is 2.84. The van der Waals surface area contributed by atoms with Crippen molar-refractivity contribution in [1.82, 2.24) is 0 Å². The molecule has 1 saturated heterocycles. The van der Waals surface area contributed by atoms with Crippen LogP contribution in [0.3, 0.4) is 0 Å².